The van der Waals surface area contributed by atoms with E-state index in [0.29, 0.717) is 19.1 Å². The van der Waals surface area contributed by atoms with Crippen molar-refractivity contribution in [2.24, 2.45) is 5.92 Å². The van der Waals surface area contributed by atoms with Gasteiger partial charge in [-0.2, -0.15) is 5.10 Å². The van der Waals surface area contributed by atoms with Gasteiger partial charge in [-0.3, -0.25) is 9.58 Å². The Morgan fingerprint density at radius 1 is 1.44 bits per heavy atom. The molecule has 140 valence electrons. The molecule has 25 heavy (non-hydrogen) atoms. The van der Waals surface area contributed by atoms with Crippen LogP contribution in [0.15, 0.2) is 12.4 Å². The van der Waals surface area contributed by atoms with Crippen LogP contribution in [0.25, 0.3) is 0 Å². The van der Waals surface area contributed by atoms with Crippen molar-refractivity contribution in [3.8, 4) is 0 Å². The van der Waals surface area contributed by atoms with E-state index < -0.39 is 5.60 Å². The van der Waals surface area contributed by atoms with Crippen molar-refractivity contribution in [1.29, 1.82) is 0 Å². The first-order chi connectivity index (χ1) is 11.7. The van der Waals surface area contributed by atoms with E-state index in [1.165, 1.54) is 12.8 Å². The molecule has 2 aliphatic rings. The molecule has 1 aliphatic heterocycles. The van der Waals surface area contributed by atoms with Gasteiger partial charge in [0, 0.05) is 38.4 Å². The summed E-state index contributed by atoms with van der Waals surface area (Å²) in [6, 6.07) is 0.431. The van der Waals surface area contributed by atoms with Gasteiger partial charge in [0.15, 0.2) is 0 Å². The molecule has 0 spiro atoms. The molecule has 2 amide bonds. The fourth-order valence-electron chi connectivity index (χ4n) is 3.64. The second kappa shape index (κ2) is 6.96. The van der Waals surface area contributed by atoms with Gasteiger partial charge in [0.05, 0.1) is 23.5 Å². The predicted molar refractivity (Wildman–Crippen MR) is 97.6 cm³/mol. The molecule has 3 rings (SSSR count). The summed E-state index contributed by atoms with van der Waals surface area (Å²) in [5.74, 6) is 0.729. The highest BCUT2D eigenvalue weighted by Gasteiger charge is 2.31. The first-order valence-corrected chi connectivity index (χ1v) is 9.29. The fraction of sp³-hybridized carbons (Fsp3) is 0.778. The molecule has 1 saturated heterocycles. The van der Waals surface area contributed by atoms with Crippen molar-refractivity contribution < 1.29 is 9.90 Å². The largest absolute Gasteiger partial charge is 0.389 e. The summed E-state index contributed by atoms with van der Waals surface area (Å²) in [4.78, 5) is 16.7. The first-order valence-electron chi connectivity index (χ1n) is 9.29. The zero-order chi connectivity index (χ0) is 18.2. The normalized spacial score (nSPS) is 23.6. The van der Waals surface area contributed by atoms with Crippen molar-refractivity contribution in [3.63, 3.8) is 0 Å². The Kier molecular flexibility index (Phi) is 5.06. The Bertz CT molecular complexity index is 605. The summed E-state index contributed by atoms with van der Waals surface area (Å²) in [6.07, 6.45) is 6.20. The number of carbonyl (C=O) groups is 1. The molecule has 7 nitrogen and oxygen atoms in total. The number of nitrogens with zero attached hydrogens (tertiary/aromatic N) is 4. The molecule has 0 bridgehead atoms. The summed E-state index contributed by atoms with van der Waals surface area (Å²) in [5.41, 5.74) is 0.0420. The number of amides is 2. The number of urea groups is 1. The molecular weight excluding hydrogens is 318 g/mol. The van der Waals surface area contributed by atoms with E-state index >= 15 is 0 Å². The third kappa shape index (κ3) is 4.73. The molecule has 2 heterocycles. The summed E-state index contributed by atoms with van der Waals surface area (Å²) in [5, 5.41) is 17.3. The summed E-state index contributed by atoms with van der Waals surface area (Å²) in [6.45, 7) is 10.7. The van der Waals surface area contributed by atoms with Gasteiger partial charge in [-0.25, -0.2) is 4.79 Å². The molecule has 1 aromatic rings. The number of nitrogens with one attached hydrogen (secondary N) is 1. The van der Waals surface area contributed by atoms with Gasteiger partial charge in [0.25, 0.3) is 0 Å². The lowest BCUT2D eigenvalue weighted by Crippen LogP contribution is -2.57. The van der Waals surface area contributed by atoms with Crippen LogP contribution in [-0.2, 0) is 0 Å². The van der Waals surface area contributed by atoms with Crippen LogP contribution in [0.4, 0.5) is 10.5 Å². The van der Waals surface area contributed by atoms with Crippen LogP contribution in [0.3, 0.4) is 0 Å². The summed E-state index contributed by atoms with van der Waals surface area (Å²) < 4.78 is 1.96. The monoisotopic (exact) mass is 349 g/mol. The van der Waals surface area contributed by atoms with Crippen molar-refractivity contribution in [2.75, 3.05) is 31.5 Å². The maximum atomic E-state index is 12.6. The Hall–Kier alpha value is -1.60. The van der Waals surface area contributed by atoms with Gasteiger partial charge >= 0.3 is 6.03 Å². The van der Waals surface area contributed by atoms with Gasteiger partial charge in [-0.15, -0.1) is 0 Å². The van der Waals surface area contributed by atoms with Gasteiger partial charge < -0.3 is 15.3 Å². The number of carbonyl (C=O) groups excluding carboxylic acids is 1. The van der Waals surface area contributed by atoms with Crippen molar-refractivity contribution in [1.82, 2.24) is 19.6 Å². The Morgan fingerprint density at radius 3 is 2.76 bits per heavy atom. The van der Waals surface area contributed by atoms with Crippen LogP contribution in [0, 0.1) is 5.92 Å². The fourth-order valence-corrected chi connectivity index (χ4v) is 3.64. The van der Waals surface area contributed by atoms with Crippen LogP contribution in [0.2, 0.25) is 0 Å². The van der Waals surface area contributed by atoms with Crippen LogP contribution < -0.4 is 5.32 Å². The molecule has 2 N–H and O–H groups in total. The molecule has 7 heteroatoms. The second-order valence-corrected chi connectivity index (χ2v) is 8.31. The minimum Gasteiger partial charge on any atom is -0.389 e. The third-order valence-corrected chi connectivity index (χ3v) is 5.16. The van der Waals surface area contributed by atoms with Gasteiger partial charge in [0.1, 0.15) is 0 Å². The van der Waals surface area contributed by atoms with E-state index in [4.69, 9.17) is 0 Å². The highest BCUT2D eigenvalue weighted by molar-refractivity contribution is 5.89. The maximum Gasteiger partial charge on any atom is 0.322 e. The minimum atomic E-state index is -0.711. The number of hydrogen-bond donors (Lipinski definition) is 2. The molecule has 1 aromatic heterocycles. The van der Waals surface area contributed by atoms with Crippen molar-refractivity contribution in [3.05, 3.63) is 12.4 Å². The number of hydrogen-bond acceptors (Lipinski definition) is 4. The quantitative estimate of drug-likeness (QED) is 0.854. The Labute approximate surface area is 150 Å². The summed E-state index contributed by atoms with van der Waals surface area (Å²) >= 11 is 0. The molecular formula is C18H31N5O2. The van der Waals surface area contributed by atoms with E-state index in [9.17, 15) is 9.90 Å². The SMILES string of the molecule is C[C@@H]1CN(CC(C)(C)O)CCN1C(=O)Nc1cnn([C@@H](C)C2CC2)c1. The highest BCUT2D eigenvalue weighted by Crippen LogP contribution is 2.39. The molecule has 2 atom stereocenters. The number of anilines is 1. The Balaban J connectivity index is 1.53. The molecule has 2 fully saturated rings. The van der Waals surface area contributed by atoms with E-state index in [2.05, 4.69) is 29.2 Å². The smallest absolute Gasteiger partial charge is 0.322 e. The second-order valence-electron chi connectivity index (χ2n) is 8.31. The lowest BCUT2D eigenvalue weighted by molar-refractivity contribution is 0.0130. The van der Waals surface area contributed by atoms with Crippen LogP contribution in [0.5, 0.6) is 0 Å². The van der Waals surface area contributed by atoms with Crippen LogP contribution in [-0.4, -0.2) is 68.5 Å². The van der Waals surface area contributed by atoms with E-state index in [0.717, 1.165) is 24.7 Å². The topological polar surface area (TPSA) is 73.6 Å². The van der Waals surface area contributed by atoms with E-state index in [1.807, 2.05) is 29.6 Å². The number of β-amino-alcohol motifs (C(OH)–C–C–N with tert-alkyl or cyclic N) is 1. The molecule has 1 saturated carbocycles. The average molecular weight is 349 g/mol. The number of aliphatic hydroxyl groups is 1. The minimum absolute atomic E-state index is 0.0750. The summed E-state index contributed by atoms with van der Waals surface area (Å²) in [7, 11) is 0. The molecule has 0 unspecified atom stereocenters. The highest BCUT2D eigenvalue weighted by atomic mass is 16.3. The molecule has 0 aromatic carbocycles. The number of rotatable bonds is 5. The average Bonchev–Trinajstić information content (AvgIpc) is 3.25. The number of aromatic nitrogens is 2. The number of piperazine rings is 1. The van der Waals surface area contributed by atoms with Gasteiger partial charge in [-0.05, 0) is 46.5 Å². The van der Waals surface area contributed by atoms with Gasteiger partial charge in [0.2, 0.25) is 0 Å². The van der Waals surface area contributed by atoms with Crippen molar-refractivity contribution in [2.45, 2.75) is 58.2 Å². The van der Waals surface area contributed by atoms with E-state index in [-0.39, 0.29) is 12.1 Å². The third-order valence-electron chi connectivity index (χ3n) is 5.16. The standard InChI is InChI=1S/C18H31N5O2/c1-13-10-21(12-18(3,4)25)7-8-22(13)17(24)20-16-9-19-23(11-16)14(2)15-5-6-15/h9,11,13-15,25H,5-8,10,12H2,1-4H3,(H,20,24)/t13-,14+/m1/s1. The zero-order valence-corrected chi connectivity index (χ0v) is 15.8. The zero-order valence-electron chi connectivity index (χ0n) is 15.8. The van der Waals surface area contributed by atoms with Crippen LogP contribution >= 0.6 is 0 Å². The first kappa shape index (κ1) is 18.2. The van der Waals surface area contributed by atoms with Crippen molar-refractivity contribution >= 4 is 11.7 Å². The predicted octanol–water partition coefficient (Wildman–Crippen LogP) is 2.16. The van der Waals surface area contributed by atoms with Crippen LogP contribution in [0.1, 0.15) is 46.6 Å². The lowest BCUT2D eigenvalue weighted by atomic mass is 10.1. The Morgan fingerprint density at radius 2 is 2.16 bits per heavy atom. The molecule has 0 radical (unpaired) electrons. The lowest BCUT2D eigenvalue weighted by Gasteiger charge is -2.41. The molecule has 1 aliphatic carbocycles. The van der Waals surface area contributed by atoms with E-state index in [1.54, 1.807) is 6.20 Å². The maximum absolute atomic E-state index is 12.6. The van der Waals surface area contributed by atoms with Gasteiger partial charge in [-0.1, -0.05) is 0 Å².